The van der Waals surface area contributed by atoms with Crippen LogP contribution < -0.4 is 11.5 Å². The van der Waals surface area contributed by atoms with E-state index in [2.05, 4.69) is 13.8 Å². The van der Waals surface area contributed by atoms with Crippen LogP contribution in [0.25, 0.3) is 0 Å². The predicted octanol–water partition coefficient (Wildman–Crippen LogP) is 3.65. The molecule has 4 N–H and O–H groups in total. The number of nitrogens with two attached hydrogens (primary N) is 2. The zero-order valence-electron chi connectivity index (χ0n) is 16.7. The Morgan fingerprint density at radius 2 is 1.38 bits per heavy atom. The molecule has 0 bridgehead atoms. The molecule has 0 aliphatic heterocycles. The van der Waals surface area contributed by atoms with Crippen molar-refractivity contribution in [2.75, 3.05) is 34.4 Å². The molecule has 0 saturated carbocycles. The van der Waals surface area contributed by atoms with Crippen LogP contribution >= 0.6 is 0 Å². The Kier molecular flexibility index (Phi) is 13.0. The molecule has 0 saturated heterocycles. The van der Waals surface area contributed by atoms with Crippen LogP contribution in [0.1, 0.15) is 71.6 Å². The minimum absolute atomic E-state index is 0.297. The van der Waals surface area contributed by atoms with Gasteiger partial charge in [-0.1, -0.05) is 46.0 Å². The van der Waals surface area contributed by atoms with Crippen LogP contribution in [0.15, 0.2) is 0 Å². The van der Waals surface area contributed by atoms with Crippen LogP contribution in [-0.4, -0.2) is 40.4 Å². The molecule has 5 nitrogen and oxygen atoms in total. The summed E-state index contributed by atoms with van der Waals surface area (Å²) < 4.78 is 17.2. The Balaban J connectivity index is 5.27. The van der Waals surface area contributed by atoms with Gasteiger partial charge in [-0.3, -0.25) is 0 Å². The van der Waals surface area contributed by atoms with Gasteiger partial charge in [0.15, 0.2) is 0 Å². The highest BCUT2D eigenvalue weighted by Crippen LogP contribution is 2.48. The fourth-order valence-corrected chi connectivity index (χ4v) is 4.00. The van der Waals surface area contributed by atoms with Gasteiger partial charge < -0.3 is 25.7 Å². The van der Waals surface area contributed by atoms with Crippen molar-refractivity contribution in [1.82, 2.24) is 0 Å². The number of rotatable bonds is 16. The molecule has 0 fully saturated rings. The largest absolute Gasteiger partial charge is 0.330 e. The third-order valence-corrected chi connectivity index (χ3v) is 5.48. The van der Waals surface area contributed by atoms with E-state index in [0.29, 0.717) is 19.0 Å². The van der Waals surface area contributed by atoms with Crippen molar-refractivity contribution in [3.05, 3.63) is 0 Å². The average molecular weight is 347 g/mol. The maximum atomic E-state index is 5.93. The number of methoxy groups -OCH3 is 3. The fraction of sp³-hybridized carbons (Fsp3) is 1.00. The normalized spacial score (nSPS) is 16.1. The van der Waals surface area contributed by atoms with Gasteiger partial charge >= 0.3 is 0 Å². The Morgan fingerprint density at radius 3 is 1.83 bits per heavy atom. The molecule has 24 heavy (non-hydrogen) atoms. The van der Waals surface area contributed by atoms with Crippen molar-refractivity contribution in [1.29, 1.82) is 0 Å². The average Bonchev–Trinajstić information content (AvgIpc) is 2.60. The molecule has 0 heterocycles. The Bertz CT molecular complexity index is 290. The van der Waals surface area contributed by atoms with E-state index < -0.39 is 5.97 Å². The van der Waals surface area contributed by atoms with Crippen LogP contribution in [0.3, 0.4) is 0 Å². The third-order valence-electron chi connectivity index (χ3n) is 5.48. The van der Waals surface area contributed by atoms with Crippen molar-refractivity contribution in [2.45, 2.75) is 77.6 Å². The minimum atomic E-state index is -1.06. The molecule has 0 aliphatic rings. The lowest BCUT2D eigenvalue weighted by atomic mass is 9.67. The van der Waals surface area contributed by atoms with Crippen LogP contribution in [0.2, 0.25) is 0 Å². The Labute approximate surface area is 149 Å². The van der Waals surface area contributed by atoms with Gasteiger partial charge in [0.2, 0.25) is 0 Å². The molecule has 0 aromatic rings. The lowest BCUT2D eigenvalue weighted by Crippen LogP contribution is -2.55. The summed E-state index contributed by atoms with van der Waals surface area (Å²) in [5, 5.41) is 0. The highest BCUT2D eigenvalue weighted by molar-refractivity contribution is 4.91. The van der Waals surface area contributed by atoms with Crippen LogP contribution in [0.4, 0.5) is 0 Å². The van der Waals surface area contributed by atoms with E-state index in [1.165, 1.54) is 32.1 Å². The summed E-state index contributed by atoms with van der Waals surface area (Å²) in [4.78, 5) is 0. The van der Waals surface area contributed by atoms with E-state index >= 15 is 0 Å². The van der Waals surface area contributed by atoms with Gasteiger partial charge in [0, 0.05) is 21.3 Å². The van der Waals surface area contributed by atoms with Gasteiger partial charge in [0.25, 0.3) is 5.97 Å². The molecule has 2 atom stereocenters. The van der Waals surface area contributed by atoms with E-state index in [0.717, 1.165) is 25.7 Å². The molecule has 0 aromatic heterocycles. The van der Waals surface area contributed by atoms with E-state index in [1.54, 1.807) is 21.3 Å². The molecule has 0 amide bonds. The second-order valence-corrected chi connectivity index (χ2v) is 6.96. The van der Waals surface area contributed by atoms with Crippen molar-refractivity contribution in [3.63, 3.8) is 0 Å². The quantitative estimate of drug-likeness (QED) is 0.329. The van der Waals surface area contributed by atoms with Gasteiger partial charge in [0.05, 0.1) is 5.41 Å². The summed E-state index contributed by atoms with van der Waals surface area (Å²) in [6.45, 7) is 5.75. The number of hydrogen-bond donors (Lipinski definition) is 2. The fourth-order valence-electron chi connectivity index (χ4n) is 4.00. The smallest absolute Gasteiger partial charge is 0.288 e. The summed E-state index contributed by atoms with van der Waals surface area (Å²) in [6.07, 6.45) is 10.2. The van der Waals surface area contributed by atoms with E-state index in [-0.39, 0.29) is 5.41 Å². The minimum Gasteiger partial charge on any atom is -0.330 e. The maximum Gasteiger partial charge on any atom is 0.288 e. The van der Waals surface area contributed by atoms with E-state index in [9.17, 15) is 0 Å². The summed E-state index contributed by atoms with van der Waals surface area (Å²) in [7, 11) is 4.94. The van der Waals surface area contributed by atoms with Crippen LogP contribution in [0, 0.1) is 11.3 Å². The molecular weight excluding hydrogens is 304 g/mol. The number of unbranched alkanes of at least 4 members (excludes halogenated alkanes) is 4. The first-order valence-corrected chi connectivity index (χ1v) is 9.57. The van der Waals surface area contributed by atoms with Crippen LogP contribution in [0.5, 0.6) is 0 Å². The molecule has 5 heteroatoms. The Hall–Kier alpha value is -0.200. The van der Waals surface area contributed by atoms with Gasteiger partial charge in [-0.15, -0.1) is 0 Å². The van der Waals surface area contributed by atoms with E-state index in [1.807, 2.05) is 0 Å². The van der Waals surface area contributed by atoms with Crippen molar-refractivity contribution in [3.8, 4) is 0 Å². The first-order chi connectivity index (χ1) is 11.5. The number of ether oxygens (including phenoxy) is 3. The number of hydrogen-bond acceptors (Lipinski definition) is 5. The van der Waals surface area contributed by atoms with E-state index in [4.69, 9.17) is 25.7 Å². The second-order valence-electron chi connectivity index (χ2n) is 6.96. The molecule has 146 valence electrons. The van der Waals surface area contributed by atoms with Crippen molar-refractivity contribution >= 4 is 0 Å². The van der Waals surface area contributed by atoms with Gasteiger partial charge in [0.1, 0.15) is 0 Å². The lowest BCUT2D eigenvalue weighted by molar-refractivity contribution is -0.414. The monoisotopic (exact) mass is 346 g/mol. The summed E-state index contributed by atoms with van der Waals surface area (Å²) in [5.41, 5.74) is 11.4. The SMILES string of the molecule is CCCCCCCC(CCN)C(C)(CCCN)C(OC)(OC)OC. The van der Waals surface area contributed by atoms with Crippen molar-refractivity contribution < 1.29 is 14.2 Å². The van der Waals surface area contributed by atoms with Gasteiger partial charge in [-0.2, -0.15) is 0 Å². The molecule has 0 spiro atoms. The molecule has 0 rings (SSSR count). The zero-order chi connectivity index (χ0) is 18.5. The first kappa shape index (κ1) is 23.8. The maximum absolute atomic E-state index is 5.93. The lowest BCUT2D eigenvalue weighted by Gasteiger charge is -2.49. The van der Waals surface area contributed by atoms with Gasteiger partial charge in [-0.05, 0) is 44.7 Å². The molecule has 0 aliphatic carbocycles. The molecule has 0 radical (unpaired) electrons. The summed E-state index contributed by atoms with van der Waals surface area (Å²) >= 11 is 0. The predicted molar refractivity (Wildman–Crippen MR) is 101 cm³/mol. The summed E-state index contributed by atoms with van der Waals surface area (Å²) in [6, 6.07) is 0. The zero-order valence-corrected chi connectivity index (χ0v) is 16.7. The van der Waals surface area contributed by atoms with Crippen molar-refractivity contribution in [2.24, 2.45) is 22.8 Å². The molecule has 2 unspecified atom stereocenters. The molecule has 0 aromatic carbocycles. The van der Waals surface area contributed by atoms with Gasteiger partial charge in [-0.25, -0.2) is 0 Å². The second kappa shape index (κ2) is 13.1. The van der Waals surface area contributed by atoms with Crippen LogP contribution in [-0.2, 0) is 14.2 Å². The standard InChI is InChI=1S/C19H42N2O3/c1-6-7-8-9-10-12-17(13-16-21)18(2,14-11-15-20)19(22-3,23-4)24-5/h17H,6-16,20-21H2,1-5H3. The summed E-state index contributed by atoms with van der Waals surface area (Å²) in [5.74, 6) is -0.693. The topological polar surface area (TPSA) is 79.7 Å². The highest BCUT2D eigenvalue weighted by Gasteiger charge is 2.54. The first-order valence-electron chi connectivity index (χ1n) is 9.57. The highest BCUT2D eigenvalue weighted by atomic mass is 16.9. The Morgan fingerprint density at radius 1 is 0.792 bits per heavy atom. The third kappa shape index (κ3) is 6.26. The molecular formula is C19H42N2O3.